The van der Waals surface area contributed by atoms with Crippen molar-refractivity contribution in [2.24, 2.45) is 4.99 Å². The molecule has 0 bridgehead atoms. The van der Waals surface area contributed by atoms with Crippen molar-refractivity contribution >= 4 is 35.0 Å². The number of ether oxygens (including phenoxy) is 2. The summed E-state index contributed by atoms with van der Waals surface area (Å²) in [5.41, 5.74) is 1.90. The number of esters is 1. The Bertz CT molecular complexity index is 1490. The van der Waals surface area contributed by atoms with E-state index >= 15 is 0 Å². The van der Waals surface area contributed by atoms with Crippen LogP contribution in [-0.4, -0.2) is 28.4 Å². The number of carbonyl (C=O) groups excluding carboxylic acids is 1. The van der Waals surface area contributed by atoms with Crippen molar-refractivity contribution in [3.05, 3.63) is 89.6 Å². The van der Waals surface area contributed by atoms with Crippen molar-refractivity contribution in [2.45, 2.75) is 39.8 Å². The summed E-state index contributed by atoms with van der Waals surface area (Å²) >= 11 is 7.38. The molecule has 1 N–H and O–H groups in total. The number of thiazole rings is 1. The number of fused-ring (bicyclic) bond motifs is 1. The average Bonchev–Trinajstić information content (AvgIpc) is 3.10. The van der Waals surface area contributed by atoms with Gasteiger partial charge in [0.1, 0.15) is 0 Å². The molecule has 0 fully saturated rings. The van der Waals surface area contributed by atoms with E-state index in [9.17, 15) is 14.7 Å². The van der Waals surface area contributed by atoms with E-state index in [2.05, 4.69) is 4.99 Å². The quantitative estimate of drug-likeness (QED) is 0.505. The van der Waals surface area contributed by atoms with E-state index in [1.165, 1.54) is 15.9 Å². The Balaban J connectivity index is 1.92. The summed E-state index contributed by atoms with van der Waals surface area (Å²) in [4.78, 5) is 31.8. The fourth-order valence-electron chi connectivity index (χ4n) is 3.90. The van der Waals surface area contributed by atoms with Gasteiger partial charge in [-0.3, -0.25) is 9.36 Å². The lowest BCUT2D eigenvalue weighted by molar-refractivity contribution is -0.143. The van der Waals surface area contributed by atoms with Crippen molar-refractivity contribution in [2.75, 3.05) is 6.61 Å². The van der Waals surface area contributed by atoms with Gasteiger partial charge in [-0.15, -0.1) is 0 Å². The van der Waals surface area contributed by atoms with Crippen LogP contribution in [0.15, 0.2) is 63.5 Å². The first kappa shape index (κ1) is 24.8. The maximum absolute atomic E-state index is 13.7. The fourth-order valence-corrected chi connectivity index (χ4v) is 5.17. The second-order valence-corrected chi connectivity index (χ2v) is 9.65. The summed E-state index contributed by atoms with van der Waals surface area (Å²) < 4.78 is 12.9. The van der Waals surface area contributed by atoms with Gasteiger partial charge in [0.05, 0.1) is 39.6 Å². The number of phenols is 1. The van der Waals surface area contributed by atoms with E-state index in [0.29, 0.717) is 32.8 Å². The van der Waals surface area contributed by atoms with Gasteiger partial charge < -0.3 is 14.6 Å². The number of carbonyl (C=O) groups is 1. The molecule has 1 atom stereocenters. The Labute approximate surface area is 211 Å². The van der Waals surface area contributed by atoms with Crippen LogP contribution >= 0.6 is 22.9 Å². The SMILES string of the molecule is CCOc1cc(C=c2sc3n(c2=O)C(c2ccccc2)C(C(=O)OC(C)C)=C(C)N=3)cc(Cl)c1O. The number of phenolic OH excluding ortho intramolecular Hbond substituents is 1. The molecule has 0 aliphatic carbocycles. The first-order valence-corrected chi connectivity index (χ1v) is 12.3. The van der Waals surface area contributed by atoms with Gasteiger partial charge in [-0.2, -0.15) is 0 Å². The number of aromatic nitrogens is 1. The lowest BCUT2D eigenvalue weighted by Gasteiger charge is -2.25. The number of nitrogens with zero attached hydrogens (tertiary/aromatic N) is 2. The highest BCUT2D eigenvalue weighted by atomic mass is 35.5. The van der Waals surface area contributed by atoms with Crippen LogP contribution in [0, 0.1) is 0 Å². The number of rotatable bonds is 6. The van der Waals surface area contributed by atoms with E-state index in [0.717, 1.165) is 5.56 Å². The van der Waals surface area contributed by atoms with E-state index in [4.69, 9.17) is 21.1 Å². The third-order valence-electron chi connectivity index (χ3n) is 5.35. The third kappa shape index (κ3) is 4.90. The van der Waals surface area contributed by atoms with Crippen LogP contribution in [0.3, 0.4) is 0 Å². The predicted molar refractivity (Wildman–Crippen MR) is 136 cm³/mol. The Morgan fingerprint density at radius 2 is 2.00 bits per heavy atom. The Hall–Kier alpha value is -3.36. The number of halogens is 1. The summed E-state index contributed by atoms with van der Waals surface area (Å²) in [5.74, 6) is -0.424. The molecule has 3 aromatic rings. The largest absolute Gasteiger partial charge is 0.503 e. The van der Waals surface area contributed by atoms with E-state index in [1.54, 1.807) is 45.9 Å². The third-order valence-corrected chi connectivity index (χ3v) is 6.62. The maximum Gasteiger partial charge on any atom is 0.338 e. The van der Waals surface area contributed by atoms with Crippen LogP contribution in [0.2, 0.25) is 5.02 Å². The predicted octanol–water partition coefficient (Wildman–Crippen LogP) is 3.94. The Morgan fingerprint density at radius 1 is 1.29 bits per heavy atom. The molecule has 4 rings (SSSR count). The maximum atomic E-state index is 13.7. The van der Waals surface area contributed by atoms with Gasteiger partial charge in [0.25, 0.3) is 5.56 Å². The van der Waals surface area contributed by atoms with Gasteiger partial charge in [0, 0.05) is 0 Å². The highest BCUT2D eigenvalue weighted by Crippen LogP contribution is 2.35. The zero-order valence-electron chi connectivity index (χ0n) is 19.7. The van der Waals surface area contributed by atoms with E-state index in [1.807, 2.05) is 30.3 Å². The zero-order chi connectivity index (χ0) is 25.3. The molecule has 0 spiro atoms. The van der Waals surface area contributed by atoms with Crippen LogP contribution in [0.5, 0.6) is 11.5 Å². The molecule has 182 valence electrons. The second-order valence-electron chi connectivity index (χ2n) is 8.23. The van der Waals surface area contributed by atoms with E-state index in [-0.39, 0.29) is 28.2 Å². The van der Waals surface area contributed by atoms with Gasteiger partial charge in [-0.05, 0) is 57.0 Å². The molecular weight excluding hydrogens is 488 g/mol. The summed E-state index contributed by atoms with van der Waals surface area (Å²) in [6, 6.07) is 11.8. The zero-order valence-corrected chi connectivity index (χ0v) is 21.3. The monoisotopic (exact) mass is 512 g/mol. The molecule has 1 aromatic heterocycles. The highest BCUT2D eigenvalue weighted by Gasteiger charge is 2.33. The minimum absolute atomic E-state index is 0.117. The van der Waals surface area contributed by atoms with Gasteiger partial charge in [-0.25, -0.2) is 9.79 Å². The van der Waals surface area contributed by atoms with Crippen molar-refractivity contribution < 1.29 is 19.4 Å². The van der Waals surface area contributed by atoms with E-state index < -0.39 is 12.0 Å². The molecule has 0 amide bonds. The molecule has 35 heavy (non-hydrogen) atoms. The summed E-state index contributed by atoms with van der Waals surface area (Å²) in [5, 5.41) is 10.3. The average molecular weight is 513 g/mol. The van der Waals surface area contributed by atoms with Crippen molar-refractivity contribution in [1.29, 1.82) is 0 Å². The lowest BCUT2D eigenvalue weighted by Crippen LogP contribution is -2.40. The van der Waals surface area contributed by atoms with Crippen LogP contribution < -0.4 is 19.6 Å². The minimum Gasteiger partial charge on any atom is -0.503 e. The lowest BCUT2D eigenvalue weighted by atomic mass is 9.96. The standard InChI is InChI=1S/C26H25ClN2O5S/c1-5-33-19-12-16(11-18(27)23(19)30)13-20-24(31)29-22(17-9-7-6-8-10-17)21(25(32)34-14(2)3)15(4)28-26(29)35-20/h6-14,22,30H,5H2,1-4H3. The van der Waals surface area contributed by atoms with Crippen LogP contribution in [-0.2, 0) is 9.53 Å². The first-order chi connectivity index (χ1) is 16.7. The summed E-state index contributed by atoms with van der Waals surface area (Å²) in [6.45, 7) is 7.45. The van der Waals surface area contributed by atoms with Crippen molar-refractivity contribution in [3.63, 3.8) is 0 Å². The normalized spacial score (nSPS) is 15.7. The van der Waals surface area contributed by atoms with Crippen LogP contribution in [0.4, 0.5) is 0 Å². The topological polar surface area (TPSA) is 90.1 Å². The molecular formula is C26H25ClN2O5S. The van der Waals surface area contributed by atoms with Crippen LogP contribution in [0.1, 0.15) is 44.9 Å². The second kappa shape index (κ2) is 10.1. The summed E-state index contributed by atoms with van der Waals surface area (Å²) in [7, 11) is 0. The molecule has 2 aromatic carbocycles. The number of aromatic hydroxyl groups is 1. The molecule has 1 aliphatic rings. The number of hydrogen-bond donors (Lipinski definition) is 1. The van der Waals surface area contributed by atoms with Crippen molar-refractivity contribution in [3.8, 4) is 11.5 Å². The molecule has 0 saturated heterocycles. The number of benzene rings is 2. The Morgan fingerprint density at radius 3 is 2.66 bits per heavy atom. The summed E-state index contributed by atoms with van der Waals surface area (Å²) in [6.07, 6.45) is 1.35. The molecule has 2 heterocycles. The Kier molecular flexibility index (Phi) is 7.14. The van der Waals surface area contributed by atoms with Gasteiger partial charge in [0.2, 0.25) is 0 Å². The van der Waals surface area contributed by atoms with Crippen molar-refractivity contribution in [1.82, 2.24) is 4.57 Å². The molecule has 0 saturated carbocycles. The molecule has 7 nitrogen and oxygen atoms in total. The fraction of sp³-hybridized carbons (Fsp3) is 0.269. The van der Waals surface area contributed by atoms with Gasteiger partial charge in [-0.1, -0.05) is 53.3 Å². The minimum atomic E-state index is -0.678. The smallest absolute Gasteiger partial charge is 0.338 e. The first-order valence-electron chi connectivity index (χ1n) is 11.1. The molecule has 1 aliphatic heterocycles. The number of allylic oxidation sites excluding steroid dienone is 1. The van der Waals surface area contributed by atoms with Gasteiger partial charge >= 0.3 is 5.97 Å². The molecule has 9 heteroatoms. The molecule has 0 radical (unpaired) electrons. The van der Waals surface area contributed by atoms with Gasteiger partial charge in [0.15, 0.2) is 16.3 Å². The molecule has 1 unspecified atom stereocenters. The number of hydrogen-bond acceptors (Lipinski definition) is 7. The highest BCUT2D eigenvalue weighted by molar-refractivity contribution is 7.07. The van der Waals surface area contributed by atoms with Crippen LogP contribution in [0.25, 0.3) is 6.08 Å².